The largest absolute Gasteiger partial charge is 0.463 e. The third-order valence-electron chi connectivity index (χ3n) is 3.24. The Labute approximate surface area is 137 Å². The molecule has 0 aliphatic heterocycles. The molecule has 0 saturated carbocycles. The number of nitrogens with zero attached hydrogens (tertiary/aromatic N) is 1. The van der Waals surface area contributed by atoms with Gasteiger partial charge in [-0.05, 0) is 25.1 Å². The standard InChI is InChI=1S/C15H11F3N2O3S/c1-2-22-14(21)12-11(19)10-7(15(16,17)18)6-8(20-13(10)24-12)9-4-3-5-23-9/h3-6H,2,19H2,1H3. The van der Waals surface area contributed by atoms with Crippen molar-refractivity contribution in [2.75, 3.05) is 12.3 Å². The minimum Gasteiger partial charge on any atom is -0.463 e. The number of anilines is 1. The maximum Gasteiger partial charge on any atom is 0.417 e. The number of carbonyl (C=O) groups excluding carboxylic acids is 1. The highest BCUT2D eigenvalue weighted by Gasteiger charge is 2.36. The number of pyridine rings is 1. The summed E-state index contributed by atoms with van der Waals surface area (Å²) in [6.07, 6.45) is -3.33. The van der Waals surface area contributed by atoms with Gasteiger partial charge in [0.1, 0.15) is 15.4 Å². The van der Waals surface area contributed by atoms with E-state index in [0.29, 0.717) is 0 Å². The predicted molar refractivity (Wildman–Crippen MR) is 82.7 cm³/mol. The zero-order chi connectivity index (χ0) is 17.5. The average Bonchev–Trinajstić information content (AvgIpc) is 3.14. The second-order valence-electron chi connectivity index (χ2n) is 4.78. The third-order valence-corrected chi connectivity index (χ3v) is 4.32. The van der Waals surface area contributed by atoms with Crippen LogP contribution in [0.4, 0.5) is 18.9 Å². The molecule has 0 bridgehead atoms. The molecule has 0 aliphatic carbocycles. The molecule has 2 N–H and O–H groups in total. The van der Waals surface area contributed by atoms with Gasteiger partial charge in [-0.15, -0.1) is 11.3 Å². The highest BCUT2D eigenvalue weighted by atomic mass is 32.1. The van der Waals surface area contributed by atoms with Gasteiger partial charge >= 0.3 is 12.1 Å². The molecule has 126 valence electrons. The fraction of sp³-hybridized carbons (Fsp3) is 0.200. The summed E-state index contributed by atoms with van der Waals surface area (Å²) >= 11 is 0.761. The topological polar surface area (TPSA) is 78.3 Å². The van der Waals surface area contributed by atoms with Crippen LogP contribution in [0, 0.1) is 0 Å². The fourth-order valence-corrected chi connectivity index (χ4v) is 3.26. The van der Waals surface area contributed by atoms with Crippen LogP contribution in [-0.4, -0.2) is 17.6 Å². The Balaban J connectivity index is 2.29. The molecule has 24 heavy (non-hydrogen) atoms. The van der Waals surface area contributed by atoms with Crippen molar-refractivity contribution in [3.05, 3.63) is 34.9 Å². The van der Waals surface area contributed by atoms with Gasteiger partial charge in [0.2, 0.25) is 0 Å². The molecule has 0 fully saturated rings. The van der Waals surface area contributed by atoms with Crippen LogP contribution >= 0.6 is 11.3 Å². The van der Waals surface area contributed by atoms with E-state index < -0.39 is 17.7 Å². The Kier molecular flexibility index (Phi) is 3.96. The van der Waals surface area contributed by atoms with Crippen LogP contribution in [0.1, 0.15) is 22.2 Å². The maximum atomic E-state index is 13.5. The quantitative estimate of drug-likeness (QED) is 0.707. The summed E-state index contributed by atoms with van der Waals surface area (Å²) in [5.74, 6) is -0.585. The molecule has 9 heteroatoms. The molecule has 0 unspecified atom stereocenters. The maximum absolute atomic E-state index is 13.5. The van der Waals surface area contributed by atoms with E-state index in [4.69, 9.17) is 14.9 Å². The highest BCUT2D eigenvalue weighted by molar-refractivity contribution is 7.21. The first-order valence-electron chi connectivity index (χ1n) is 6.84. The summed E-state index contributed by atoms with van der Waals surface area (Å²) in [5, 5.41) is -0.300. The number of fused-ring (bicyclic) bond motifs is 1. The van der Waals surface area contributed by atoms with Gasteiger partial charge in [0.15, 0.2) is 5.76 Å². The molecular formula is C15H11F3N2O3S. The van der Waals surface area contributed by atoms with Gasteiger partial charge in [-0.1, -0.05) is 0 Å². The van der Waals surface area contributed by atoms with Crippen molar-refractivity contribution in [1.82, 2.24) is 4.98 Å². The summed E-state index contributed by atoms with van der Waals surface area (Å²) in [6, 6.07) is 3.90. The minimum atomic E-state index is -4.66. The molecule has 0 aromatic carbocycles. The molecule has 5 nitrogen and oxygen atoms in total. The Hall–Kier alpha value is -2.55. The molecular weight excluding hydrogens is 345 g/mol. The summed E-state index contributed by atoms with van der Waals surface area (Å²) in [7, 11) is 0. The first-order chi connectivity index (χ1) is 11.3. The molecule has 3 heterocycles. The van der Waals surface area contributed by atoms with Crippen molar-refractivity contribution in [1.29, 1.82) is 0 Å². The van der Waals surface area contributed by atoms with Crippen LogP contribution in [0.5, 0.6) is 0 Å². The van der Waals surface area contributed by atoms with Crippen molar-refractivity contribution < 1.29 is 27.1 Å². The number of rotatable bonds is 3. The van der Waals surface area contributed by atoms with E-state index in [0.717, 1.165) is 17.4 Å². The summed E-state index contributed by atoms with van der Waals surface area (Å²) < 4.78 is 50.3. The number of ether oxygens (including phenoxy) is 1. The van der Waals surface area contributed by atoms with Crippen LogP contribution in [0.2, 0.25) is 0 Å². The van der Waals surface area contributed by atoms with Gasteiger partial charge in [0.05, 0.1) is 24.1 Å². The average molecular weight is 356 g/mol. The van der Waals surface area contributed by atoms with Crippen LogP contribution in [-0.2, 0) is 10.9 Å². The number of carbonyl (C=O) groups is 1. The number of hydrogen-bond acceptors (Lipinski definition) is 6. The van der Waals surface area contributed by atoms with Crippen LogP contribution in [0.3, 0.4) is 0 Å². The molecule has 0 spiro atoms. The molecule has 3 aromatic rings. The number of hydrogen-bond donors (Lipinski definition) is 1. The fourth-order valence-electron chi connectivity index (χ4n) is 2.24. The number of nitrogen functional groups attached to an aromatic ring is 1. The molecule has 3 aromatic heterocycles. The number of alkyl halides is 3. The lowest BCUT2D eigenvalue weighted by Gasteiger charge is -2.10. The van der Waals surface area contributed by atoms with Gasteiger partial charge in [-0.3, -0.25) is 0 Å². The SMILES string of the molecule is CCOC(=O)c1sc2nc(-c3ccco3)cc(C(F)(F)F)c2c1N. The van der Waals surface area contributed by atoms with Crippen molar-refractivity contribution >= 4 is 33.2 Å². The summed E-state index contributed by atoms with van der Waals surface area (Å²) in [4.78, 5) is 15.9. The van der Waals surface area contributed by atoms with E-state index in [1.807, 2.05) is 0 Å². The molecule has 0 saturated heterocycles. The van der Waals surface area contributed by atoms with E-state index in [1.54, 1.807) is 13.0 Å². The zero-order valence-electron chi connectivity index (χ0n) is 12.3. The monoisotopic (exact) mass is 356 g/mol. The van der Waals surface area contributed by atoms with E-state index in [1.165, 1.54) is 12.3 Å². The number of aromatic nitrogens is 1. The first-order valence-corrected chi connectivity index (χ1v) is 7.65. The van der Waals surface area contributed by atoms with Crippen LogP contribution in [0.25, 0.3) is 21.7 Å². The number of halogens is 3. The predicted octanol–water partition coefficient (Wildman–Crippen LogP) is 4.33. The lowest BCUT2D eigenvalue weighted by atomic mass is 10.1. The van der Waals surface area contributed by atoms with Gasteiger partial charge < -0.3 is 14.9 Å². The molecule has 0 amide bonds. The summed E-state index contributed by atoms with van der Waals surface area (Å²) in [6.45, 7) is 1.68. The van der Waals surface area contributed by atoms with Crippen LogP contribution < -0.4 is 5.73 Å². The van der Waals surface area contributed by atoms with Crippen molar-refractivity contribution in [2.45, 2.75) is 13.1 Å². The molecule has 0 atom stereocenters. The Morgan fingerprint density at radius 2 is 2.21 bits per heavy atom. The third kappa shape index (κ3) is 2.71. The number of esters is 1. The van der Waals surface area contributed by atoms with E-state index in [2.05, 4.69) is 4.98 Å². The molecule has 3 rings (SSSR count). The number of thiophene rings is 1. The highest BCUT2D eigenvalue weighted by Crippen LogP contribution is 2.43. The van der Waals surface area contributed by atoms with Crippen molar-refractivity contribution in [3.63, 3.8) is 0 Å². The lowest BCUT2D eigenvalue weighted by molar-refractivity contribution is -0.136. The second kappa shape index (κ2) is 5.82. The smallest absolute Gasteiger partial charge is 0.417 e. The first kappa shape index (κ1) is 16.3. The Morgan fingerprint density at radius 3 is 2.79 bits per heavy atom. The second-order valence-corrected chi connectivity index (χ2v) is 5.77. The van der Waals surface area contributed by atoms with E-state index >= 15 is 0 Å². The van der Waals surface area contributed by atoms with Gasteiger partial charge in [-0.2, -0.15) is 13.2 Å². The van der Waals surface area contributed by atoms with Gasteiger partial charge in [0, 0.05) is 5.39 Å². The number of furan rings is 1. The van der Waals surface area contributed by atoms with Crippen LogP contribution in [0.15, 0.2) is 28.9 Å². The number of nitrogens with two attached hydrogens (primary N) is 1. The molecule has 0 radical (unpaired) electrons. The minimum absolute atomic E-state index is 0.00298. The summed E-state index contributed by atoms with van der Waals surface area (Å²) in [5.41, 5.74) is 4.55. The van der Waals surface area contributed by atoms with E-state index in [9.17, 15) is 18.0 Å². The lowest BCUT2D eigenvalue weighted by Crippen LogP contribution is -2.08. The van der Waals surface area contributed by atoms with Crippen molar-refractivity contribution in [3.8, 4) is 11.5 Å². The van der Waals surface area contributed by atoms with Gasteiger partial charge in [-0.25, -0.2) is 9.78 Å². The Morgan fingerprint density at radius 1 is 1.46 bits per heavy atom. The zero-order valence-corrected chi connectivity index (χ0v) is 13.1. The van der Waals surface area contributed by atoms with E-state index in [-0.39, 0.29) is 38.8 Å². The van der Waals surface area contributed by atoms with Crippen molar-refractivity contribution in [2.24, 2.45) is 0 Å². The van der Waals surface area contributed by atoms with Gasteiger partial charge in [0.25, 0.3) is 0 Å². The molecule has 0 aliphatic rings. The Bertz CT molecular complexity index is 901. The normalized spacial score (nSPS) is 11.8.